The summed E-state index contributed by atoms with van der Waals surface area (Å²) in [6.45, 7) is 29.4. The van der Waals surface area contributed by atoms with Gasteiger partial charge in [0, 0.05) is 5.92 Å². The summed E-state index contributed by atoms with van der Waals surface area (Å²) in [6.07, 6.45) is 0. The summed E-state index contributed by atoms with van der Waals surface area (Å²) < 4.78 is 58.3. The predicted octanol–water partition coefficient (Wildman–Crippen LogP) is 12.7. The zero-order valence-corrected chi connectivity index (χ0v) is 43.4. The first kappa shape index (κ1) is 46.1. The van der Waals surface area contributed by atoms with Crippen molar-refractivity contribution in [3.8, 4) is 34.5 Å². The van der Waals surface area contributed by atoms with Gasteiger partial charge in [-0.15, -0.1) is 0 Å². The third kappa shape index (κ3) is 7.55. The van der Waals surface area contributed by atoms with Gasteiger partial charge < -0.3 is 42.6 Å². The van der Waals surface area contributed by atoms with E-state index < -0.39 is 53.4 Å². The van der Waals surface area contributed by atoms with Crippen LogP contribution in [0.5, 0.6) is 34.5 Å². The number of ether oxygens (including phenoxy) is 9. The van der Waals surface area contributed by atoms with Crippen LogP contribution in [0.2, 0.25) is 0 Å². The van der Waals surface area contributed by atoms with E-state index in [0.717, 1.165) is 46.1 Å². The molecule has 0 unspecified atom stereocenters. The van der Waals surface area contributed by atoms with E-state index in [-0.39, 0.29) is 36.5 Å². The van der Waals surface area contributed by atoms with Crippen molar-refractivity contribution >= 4 is 88.5 Å². The molecule has 12 nitrogen and oxygen atoms in total. The molecular weight excluding hydrogens is 937 g/mol. The fraction of sp³-hybridized carbons (Fsp3) is 0.543. The van der Waals surface area contributed by atoms with E-state index >= 15 is 0 Å². The molecule has 0 aromatic heterocycles. The van der Waals surface area contributed by atoms with Crippen LogP contribution in [0, 0.1) is 0 Å². The van der Waals surface area contributed by atoms with Crippen molar-refractivity contribution in [2.45, 2.75) is 169 Å². The van der Waals surface area contributed by atoms with Gasteiger partial charge in [0.1, 0.15) is 16.7 Å². The average Bonchev–Trinajstić information content (AvgIpc) is 3.96. The normalized spacial score (nSPS) is 20.8. The van der Waals surface area contributed by atoms with E-state index in [1.165, 1.54) is 70.6 Å². The maximum absolute atomic E-state index is 14.2. The summed E-state index contributed by atoms with van der Waals surface area (Å²) in [5.41, 5.74) is 3.12. The Hall–Kier alpha value is -3.03. The van der Waals surface area contributed by atoms with Crippen LogP contribution in [-0.4, -0.2) is 67.3 Å². The summed E-state index contributed by atoms with van der Waals surface area (Å²) in [7, 11) is 0. The molecule has 0 atom stereocenters. The summed E-state index contributed by atoms with van der Waals surface area (Å²) in [4.78, 5) is 42.2. The maximum Gasteiger partial charge on any atom is 0.345 e. The van der Waals surface area contributed by atoms with Crippen LogP contribution < -0.4 is 28.4 Å². The second-order valence-corrected chi connectivity index (χ2v) is 28.1. The molecule has 344 valence electrons. The van der Waals surface area contributed by atoms with E-state index in [0.29, 0.717) is 34.5 Å². The zero-order valence-electron chi connectivity index (χ0n) is 38.5. The second-order valence-electron chi connectivity index (χ2n) is 18.5. The number of hydrogen-bond acceptors (Lipinski definition) is 18. The van der Waals surface area contributed by atoms with Gasteiger partial charge in [0.05, 0.1) is 49.2 Å². The SMILES string of the molecule is CCOC(=O)c1c2c(c(C(c3c4c(c(C(=O)OCC)c5c3SC(C)(C)O5)OC(C)(C)S4)c3c4c(c(C(=O)OCC)c5c3SC(C)(C)O5)OC(C)(C)S4)c3c1OC(C)(C)S3)SC(C)(C)O2. The molecule has 9 rings (SSSR count). The summed E-state index contributed by atoms with van der Waals surface area (Å²) in [5, 5.41) is 0. The number of carbonyl (C=O) groups excluding carboxylic acids is 3. The molecule has 3 aromatic carbocycles. The van der Waals surface area contributed by atoms with Crippen LogP contribution >= 0.6 is 70.6 Å². The van der Waals surface area contributed by atoms with Crippen molar-refractivity contribution in [3.05, 3.63) is 33.4 Å². The number of hydrogen-bond donors (Lipinski definition) is 0. The van der Waals surface area contributed by atoms with Gasteiger partial charge in [0.2, 0.25) is 0 Å². The van der Waals surface area contributed by atoms with Crippen LogP contribution in [0.15, 0.2) is 29.4 Å². The smallest absolute Gasteiger partial charge is 0.345 e. The number of thioether (sulfide) groups is 6. The topological polar surface area (TPSA) is 134 Å². The molecule has 3 aromatic rings. The standard InChI is InChI=1S/C46H52O12S6/c1-16-50-38(47)23-26-32(59-41(4,5)53-26)20(33-27(23)54-42(6,7)60-33)19(21-34-28(55-43(8,9)61-34)24(39(48)51-17-2)29-35(21)62-44(10,11)56-29)22-36-30(57-45(12,13)63-36)25(40(49)52-18-3)31-37(22)64-46(14,15)58-31/h19H,16-18H2,1-15H3. The molecule has 0 spiro atoms. The molecule has 18 heteroatoms. The first-order chi connectivity index (χ1) is 29.7. The number of rotatable bonds is 9. The molecule has 0 bridgehead atoms. The van der Waals surface area contributed by atoms with Gasteiger partial charge in [-0.2, -0.15) is 0 Å². The fourth-order valence-electron chi connectivity index (χ4n) is 8.69. The van der Waals surface area contributed by atoms with Gasteiger partial charge in [-0.05, 0) is 121 Å². The zero-order chi connectivity index (χ0) is 46.4. The van der Waals surface area contributed by atoms with Gasteiger partial charge >= 0.3 is 17.9 Å². The molecule has 0 radical (unpaired) electrons. The van der Waals surface area contributed by atoms with Gasteiger partial charge in [0.25, 0.3) is 0 Å². The molecule has 0 fully saturated rings. The summed E-state index contributed by atoms with van der Waals surface area (Å²) >= 11 is 9.09. The Morgan fingerprint density at radius 2 is 0.547 bits per heavy atom. The third-order valence-corrected chi connectivity index (χ3v) is 17.7. The van der Waals surface area contributed by atoms with Gasteiger partial charge in [0.15, 0.2) is 64.1 Å². The molecule has 6 heterocycles. The molecular formula is C46H52O12S6. The minimum atomic E-state index is -0.827. The highest BCUT2D eigenvalue weighted by Crippen LogP contribution is 2.71. The highest BCUT2D eigenvalue weighted by molar-refractivity contribution is 8.02. The van der Waals surface area contributed by atoms with Gasteiger partial charge in [-0.3, -0.25) is 0 Å². The van der Waals surface area contributed by atoms with Crippen LogP contribution in [0.4, 0.5) is 0 Å². The van der Waals surface area contributed by atoms with E-state index in [2.05, 4.69) is 0 Å². The Balaban J connectivity index is 1.52. The minimum Gasteiger partial charge on any atom is -0.475 e. The minimum absolute atomic E-state index is 0.149. The number of esters is 3. The highest BCUT2D eigenvalue weighted by Gasteiger charge is 2.55. The first-order valence-corrected chi connectivity index (χ1v) is 26.1. The van der Waals surface area contributed by atoms with Gasteiger partial charge in [-0.25, -0.2) is 14.4 Å². The highest BCUT2D eigenvalue weighted by atomic mass is 32.2. The van der Waals surface area contributed by atoms with E-state index in [1.807, 2.05) is 83.1 Å². The van der Waals surface area contributed by atoms with Crippen LogP contribution in [0.1, 0.15) is 158 Å². The Labute approximate surface area is 399 Å². The van der Waals surface area contributed by atoms with Crippen molar-refractivity contribution in [2.75, 3.05) is 19.8 Å². The molecule has 6 aliphatic rings. The van der Waals surface area contributed by atoms with Crippen molar-refractivity contribution in [1.29, 1.82) is 0 Å². The number of fused-ring (bicyclic) bond motifs is 6. The lowest BCUT2D eigenvalue weighted by atomic mass is 9.82. The Bertz CT molecular complexity index is 2180. The third-order valence-electron chi connectivity index (χ3n) is 10.5. The Kier molecular flexibility index (Phi) is 11.0. The molecule has 0 saturated carbocycles. The first-order valence-electron chi connectivity index (χ1n) is 21.2. The Morgan fingerprint density at radius 1 is 0.375 bits per heavy atom. The quantitative estimate of drug-likeness (QED) is 0.114. The molecule has 6 aliphatic heterocycles. The average molecular weight is 989 g/mol. The molecule has 0 amide bonds. The van der Waals surface area contributed by atoms with Crippen LogP contribution in [-0.2, 0) is 14.2 Å². The van der Waals surface area contributed by atoms with Crippen molar-refractivity contribution in [3.63, 3.8) is 0 Å². The lowest BCUT2D eigenvalue weighted by Gasteiger charge is -2.29. The van der Waals surface area contributed by atoms with E-state index in [1.54, 1.807) is 20.8 Å². The lowest BCUT2D eigenvalue weighted by molar-refractivity contribution is 0.0499. The Morgan fingerprint density at radius 3 is 0.703 bits per heavy atom. The van der Waals surface area contributed by atoms with Crippen molar-refractivity contribution < 1.29 is 57.0 Å². The van der Waals surface area contributed by atoms with Crippen LogP contribution in [0.25, 0.3) is 0 Å². The molecule has 0 saturated heterocycles. The van der Waals surface area contributed by atoms with Gasteiger partial charge in [-0.1, -0.05) is 70.6 Å². The predicted molar refractivity (Wildman–Crippen MR) is 252 cm³/mol. The lowest BCUT2D eigenvalue weighted by Crippen LogP contribution is -2.21. The van der Waals surface area contributed by atoms with Crippen LogP contribution in [0.3, 0.4) is 0 Å². The number of carbonyl (C=O) groups is 3. The molecule has 0 N–H and O–H groups in total. The maximum atomic E-state index is 14.2. The fourth-order valence-corrected chi connectivity index (χ4v) is 16.0. The summed E-state index contributed by atoms with van der Waals surface area (Å²) in [6, 6.07) is 0. The second kappa shape index (κ2) is 15.2. The van der Waals surface area contributed by atoms with Crippen molar-refractivity contribution in [2.24, 2.45) is 0 Å². The molecule has 0 aliphatic carbocycles. The monoisotopic (exact) mass is 988 g/mol. The number of benzene rings is 3. The van der Waals surface area contributed by atoms with E-state index in [9.17, 15) is 14.4 Å². The molecule has 64 heavy (non-hydrogen) atoms. The summed E-state index contributed by atoms with van der Waals surface area (Å²) in [5.74, 6) is -0.242. The largest absolute Gasteiger partial charge is 0.475 e. The van der Waals surface area contributed by atoms with E-state index in [4.69, 9.17) is 42.6 Å². The van der Waals surface area contributed by atoms with Crippen molar-refractivity contribution in [1.82, 2.24) is 0 Å².